The number of hydrogen-bond donors (Lipinski definition) is 0. The number of para-hydroxylation sites is 1. The number of hydrogen-bond acceptors (Lipinski definition) is 6. The molecule has 0 N–H and O–H groups in total. The minimum atomic E-state index is -4.02. The minimum Gasteiger partial charge on any atom is -0.494 e. The summed E-state index contributed by atoms with van der Waals surface area (Å²) in [6, 6.07) is 12.6. The van der Waals surface area contributed by atoms with E-state index < -0.39 is 20.6 Å². The number of ether oxygens (including phenoxy) is 1. The van der Waals surface area contributed by atoms with Gasteiger partial charge in [-0.05, 0) is 30.7 Å². The molecule has 0 spiro atoms. The zero-order chi connectivity index (χ0) is 21.7. The van der Waals surface area contributed by atoms with Gasteiger partial charge in [-0.15, -0.1) is 0 Å². The summed E-state index contributed by atoms with van der Waals surface area (Å²) < 4.78 is 32.3. The summed E-state index contributed by atoms with van der Waals surface area (Å²) in [5.74, 6) is 0.643. The zero-order valence-electron chi connectivity index (χ0n) is 16.6. The molecule has 10 heteroatoms. The SMILES string of the molecule is CCOc1ccc(CC(=O)N2CCN(S(=O)(=O)c3ccccc3[N+](=O)[O-])CC2)cc1. The summed E-state index contributed by atoms with van der Waals surface area (Å²) in [7, 11) is -4.02. The van der Waals surface area contributed by atoms with Crippen LogP contribution >= 0.6 is 0 Å². The van der Waals surface area contributed by atoms with Gasteiger partial charge in [0, 0.05) is 32.2 Å². The smallest absolute Gasteiger partial charge is 0.289 e. The standard InChI is InChI=1S/C20H23N3O6S/c1-2-29-17-9-7-16(8-10-17)15-20(24)21-11-13-22(14-12-21)30(27,28)19-6-4-3-5-18(19)23(25)26/h3-10H,2,11-15H2,1H3. The Balaban J connectivity index is 1.63. The minimum absolute atomic E-state index is 0.0867. The predicted octanol–water partition coefficient (Wildman–Crippen LogP) is 2.07. The Hall–Kier alpha value is -2.98. The Kier molecular flexibility index (Phi) is 6.68. The van der Waals surface area contributed by atoms with Crippen molar-refractivity contribution in [1.82, 2.24) is 9.21 Å². The number of nitrogens with zero attached hydrogens (tertiary/aromatic N) is 3. The number of carbonyl (C=O) groups excluding carboxylic acids is 1. The third kappa shape index (κ3) is 4.77. The van der Waals surface area contributed by atoms with E-state index in [4.69, 9.17) is 4.74 Å². The van der Waals surface area contributed by atoms with Crippen molar-refractivity contribution in [2.75, 3.05) is 32.8 Å². The maximum absolute atomic E-state index is 12.9. The van der Waals surface area contributed by atoms with Crippen molar-refractivity contribution in [2.45, 2.75) is 18.2 Å². The lowest BCUT2D eigenvalue weighted by atomic mass is 10.1. The van der Waals surface area contributed by atoms with Crippen LogP contribution in [0.1, 0.15) is 12.5 Å². The van der Waals surface area contributed by atoms with E-state index in [2.05, 4.69) is 0 Å². The Labute approximate surface area is 175 Å². The topological polar surface area (TPSA) is 110 Å². The van der Waals surface area contributed by atoms with Crippen LogP contribution in [0.5, 0.6) is 5.75 Å². The van der Waals surface area contributed by atoms with E-state index in [1.807, 2.05) is 31.2 Å². The first-order valence-corrected chi connectivity index (χ1v) is 11.0. The molecule has 30 heavy (non-hydrogen) atoms. The average molecular weight is 433 g/mol. The van der Waals surface area contributed by atoms with Gasteiger partial charge in [-0.3, -0.25) is 14.9 Å². The normalized spacial score (nSPS) is 15.0. The van der Waals surface area contributed by atoms with Crippen LogP contribution in [-0.2, 0) is 21.2 Å². The number of rotatable bonds is 7. The van der Waals surface area contributed by atoms with Gasteiger partial charge < -0.3 is 9.64 Å². The lowest BCUT2D eigenvalue weighted by Gasteiger charge is -2.34. The van der Waals surface area contributed by atoms with E-state index in [1.54, 1.807) is 4.90 Å². The van der Waals surface area contributed by atoms with Gasteiger partial charge in [0.25, 0.3) is 5.69 Å². The zero-order valence-corrected chi connectivity index (χ0v) is 17.4. The molecule has 1 heterocycles. The van der Waals surface area contributed by atoms with Gasteiger partial charge in [-0.1, -0.05) is 24.3 Å². The first kappa shape index (κ1) is 21.7. The van der Waals surface area contributed by atoms with Gasteiger partial charge in [-0.25, -0.2) is 8.42 Å². The van der Waals surface area contributed by atoms with E-state index in [9.17, 15) is 23.3 Å². The third-order valence-corrected chi connectivity index (χ3v) is 6.81. The Morgan fingerprint density at radius 1 is 1.07 bits per heavy atom. The highest BCUT2D eigenvalue weighted by atomic mass is 32.2. The molecule has 0 saturated carbocycles. The monoisotopic (exact) mass is 433 g/mol. The van der Waals surface area contributed by atoms with Crippen molar-refractivity contribution in [3.63, 3.8) is 0 Å². The number of nitro groups is 1. The van der Waals surface area contributed by atoms with Crippen LogP contribution in [0.2, 0.25) is 0 Å². The summed E-state index contributed by atoms with van der Waals surface area (Å²) in [6.07, 6.45) is 0.212. The molecule has 2 aromatic carbocycles. The molecule has 0 bridgehead atoms. The molecule has 2 aromatic rings. The number of piperazine rings is 1. The van der Waals surface area contributed by atoms with Crippen LogP contribution in [0, 0.1) is 10.1 Å². The van der Waals surface area contributed by atoms with Gasteiger partial charge in [0.05, 0.1) is 18.0 Å². The van der Waals surface area contributed by atoms with Gasteiger partial charge in [0.15, 0.2) is 4.90 Å². The molecule has 0 unspecified atom stereocenters. The largest absolute Gasteiger partial charge is 0.494 e. The fourth-order valence-electron chi connectivity index (χ4n) is 3.30. The lowest BCUT2D eigenvalue weighted by molar-refractivity contribution is -0.387. The van der Waals surface area contributed by atoms with E-state index in [1.165, 1.54) is 28.6 Å². The molecule has 1 amide bonds. The summed E-state index contributed by atoms with van der Waals surface area (Å²) in [6.45, 7) is 3.10. The van der Waals surface area contributed by atoms with Gasteiger partial charge in [0.2, 0.25) is 15.9 Å². The van der Waals surface area contributed by atoms with Crippen LogP contribution in [-0.4, -0.2) is 61.2 Å². The van der Waals surface area contributed by atoms with Crippen LogP contribution in [0.15, 0.2) is 53.4 Å². The summed E-state index contributed by atoms with van der Waals surface area (Å²) in [4.78, 5) is 24.3. The van der Waals surface area contributed by atoms with E-state index in [-0.39, 0.29) is 43.4 Å². The Morgan fingerprint density at radius 3 is 2.30 bits per heavy atom. The van der Waals surface area contributed by atoms with E-state index in [0.29, 0.717) is 6.61 Å². The molecule has 1 fully saturated rings. The Morgan fingerprint density at radius 2 is 1.70 bits per heavy atom. The molecule has 0 radical (unpaired) electrons. The second-order valence-electron chi connectivity index (χ2n) is 6.76. The second kappa shape index (κ2) is 9.23. The first-order valence-electron chi connectivity index (χ1n) is 9.56. The molecular weight excluding hydrogens is 410 g/mol. The molecule has 0 atom stereocenters. The maximum atomic E-state index is 12.9. The summed E-state index contributed by atoms with van der Waals surface area (Å²) >= 11 is 0. The van der Waals surface area contributed by atoms with Gasteiger partial charge in [0.1, 0.15) is 5.75 Å². The average Bonchev–Trinajstić information content (AvgIpc) is 2.75. The summed E-state index contributed by atoms with van der Waals surface area (Å²) in [5, 5.41) is 11.2. The van der Waals surface area contributed by atoms with Crippen LogP contribution in [0.3, 0.4) is 0 Å². The first-order chi connectivity index (χ1) is 14.3. The van der Waals surface area contributed by atoms with Crippen LogP contribution < -0.4 is 4.74 Å². The van der Waals surface area contributed by atoms with Crippen molar-refractivity contribution in [1.29, 1.82) is 0 Å². The fraction of sp³-hybridized carbons (Fsp3) is 0.350. The molecule has 160 valence electrons. The molecule has 3 rings (SSSR count). The third-order valence-electron chi connectivity index (χ3n) is 4.86. The van der Waals surface area contributed by atoms with Gasteiger partial charge in [-0.2, -0.15) is 4.31 Å². The van der Waals surface area contributed by atoms with Crippen molar-refractivity contribution < 1.29 is 22.9 Å². The number of benzene rings is 2. The highest BCUT2D eigenvalue weighted by Gasteiger charge is 2.34. The van der Waals surface area contributed by atoms with Crippen molar-refractivity contribution in [2.24, 2.45) is 0 Å². The number of amides is 1. The fourth-order valence-corrected chi connectivity index (χ4v) is 4.88. The summed E-state index contributed by atoms with van der Waals surface area (Å²) in [5.41, 5.74) is 0.393. The molecule has 0 aliphatic carbocycles. The van der Waals surface area contributed by atoms with Gasteiger partial charge >= 0.3 is 0 Å². The molecule has 9 nitrogen and oxygen atoms in total. The maximum Gasteiger partial charge on any atom is 0.289 e. The molecule has 1 aliphatic rings. The highest BCUT2D eigenvalue weighted by molar-refractivity contribution is 7.89. The number of sulfonamides is 1. The number of nitro benzene ring substituents is 1. The van der Waals surface area contributed by atoms with Crippen LogP contribution in [0.25, 0.3) is 0 Å². The predicted molar refractivity (Wildman–Crippen MR) is 110 cm³/mol. The lowest BCUT2D eigenvalue weighted by Crippen LogP contribution is -2.50. The van der Waals surface area contributed by atoms with E-state index in [0.717, 1.165) is 11.3 Å². The van der Waals surface area contributed by atoms with E-state index >= 15 is 0 Å². The molecular formula is C20H23N3O6S. The number of carbonyl (C=O) groups is 1. The second-order valence-corrected chi connectivity index (χ2v) is 8.67. The van der Waals surface area contributed by atoms with Crippen molar-refractivity contribution in [3.05, 3.63) is 64.2 Å². The van der Waals surface area contributed by atoms with Crippen LogP contribution in [0.4, 0.5) is 5.69 Å². The molecule has 1 aliphatic heterocycles. The Bertz CT molecular complexity index is 1020. The quantitative estimate of drug-likeness (QED) is 0.488. The highest BCUT2D eigenvalue weighted by Crippen LogP contribution is 2.27. The molecule has 1 saturated heterocycles. The van der Waals surface area contributed by atoms with Crippen molar-refractivity contribution in [3.8, 4) is 5.75 Å². The van der Waals surface area contributed by atoms with Crippen molar-refractivity contribution >= 4 is 21.6 Å². The molecule has 0 aromatic heterocycles.